The SMILES string of the molecule is O=C/C=C(/Cl)c1cccnc1. The first-order valence-corrected chi connectivity index (χ1v) is 3.44. The van der Waals surface area contributed by atoms with Gasteiger partial charge >= 0.3 is 0 Å². The Morgan fingerprint density at radius 3 is 3.00 bits per heavy atom. The van der Waals surface area contributed by atoms with Crippen molar-refractivity contribution >= 4 is 22.9 Å². The van der Waals surface area contributed by atoms with Gasteiger partial charge < -0.3 is 0 Å². The number of hydrogen-bond acceptors (Lipinski definition) is 2. The molecule has 0 amide bonds. The number of allylic oxidation sites excluding steroid dienone is 1. The predicted molar refractivity (Wildman–Crippen MR) is 44.1 cm³/mol. The van der Waals surface area contributed by atoms with Gasteiger partial charge in [0.2, 0.25) is 0 Å². The van der Waals surface area contributed by atoms with Crippen LogP contribution in [0.2, 0.25) is 0 Å². The van der Waals surface area contributed by atoms with E-state index in [4.69, 9.17) is 11.6 Å². The van der Waals surface area contributed by atoms with Crippen LogP contribution in [0.15, 0.2) is 30.6 Å². The molecule has 1 aromatic rings. The molecule has 0 saturated carbocycles. The molecule has 1 heterocycles. The van der Waals surface area contributed by atoms with Gasteiger partial charge in [-0.1, -0.05) is 17.7 Å². The molecule has 3 heteroatoms. The van der Waals surface area contributed by atoms with Gasteiger partial charge in [-0.2, -0.15) is 0 Å². The van der Waals surface area contributed by atoms with Crippen molar-refractivity contribution in [2.45, 2.75) is 0 Å². The monoisotopic (exact) mass is 167 g/mol. The maximum absolute atomic E-state index is 10.0. The molecule has 0 radical (unpaired) electrons. The second-order valence-electron chi connectivity index (χ2n) is 1.89. The summed E-state index contributed by atoms with van der Waals surface area (Å²) in [6.07, 6.45) is 5.19. The van der Waals surface area contributed by atoms with Crippen molar-refractivity contribution in [1.29, 1.82) is 0 Å². The average molecular weight is 168 g/mol. The zero-order chi connectivity index (χ0) is 8.10. The summed E-state index contributed by atoms with van der Waals surface area (Å²) in [7, 11) is 0. The first kappa shape index (κ1) is 7.95. The molecule has 0 bridgehead atoms. The lowest BCUT2D eigenvalue weighted by Gasteiger charge is -1.93. The summed E-state index contributed by atoms with van der Waals surface area (Å²) in [5.41, 5.74) is 0.751. The summed E-state index contributed by atoms with van der Waals surface area (Å²) in [6.45, 7) is 0. The topological polar surface area (TPSA) is 30.0 Å². The molecular weight excluding hydrogens is 162 g/mol. The van der Waals surface area contributed by atoms with Crippen LogP contribution in [-0.4, -0.2) is 11.3 Å². The number of carbonyl (C=O) groups is 1. The van der Waals surface area contributed by atoms with E-state index in [0.29, 0.717) is 11.3 Å². The molecule has 0 N–H and O–H groups in total. The minimum absolute atomic E-state index is 0.410. The summed E-state index contributed by atoms with van der Waals surface area (Å²) in [5, 5.41) is 0.410. The van der Waals surface area contributed by atoms with Crippen molar-refractivity contribution in [3.8, 4) is 0 Å². The molecule has 0 fully saturated rings. The molecule has 1 rings (SSSR count). The van der Waals surface area contributed by atoms with Crippen LogP contribution in [0.1, 0.15) is 5.56 Å². The molecule has 0 aliphatic rings. The molecular formula is C8H6ClNO. The van der Waals surface area contributed by atoms with E-state index in [-0.39, 0.29) is 0 Å². The van der Waals surface area contributed by atoms with Crippen LogP contribution in [0, 0.1) is 0 Å². The van der Waals surface area contributed by atoms with Crippen LogP contribution in [-0.2, 0) is 4.79 Å². The summed E-state index contributed by atoms with van der Waals surface area (Å²) >= 11 is 5.70. The molecule has 0 aliphatic heterocycles. The smallest absolute Gasteiger partial charge is 0.144 e. The second kappa shape index (κ2) is 3.88. The van der Waals surface area contributed by atoms with Crippen molar-refractivity contribution in [2.75, 3.05) is 0 Å². The highest BCUT2D eigenvalue weighted by Crippen LogP contribution is 2.15. The lowest BCUT2D eigenvalue weighted by molar-refractivity contribution is -0.104. The molecule has 0 unspecified atom stereocenters. The summed E-state index contributed by atoms with van der Waals surface area (Å²) in [4.78, 5) is 13.9. The van der Waals surface area contributed by atoms with Gasteiger partial charge in [0, 0.05) is 18.0 Å². The fourth-order valence-electron chi connectivity index (χ4n) is 0.660. The van der Waals surface area contributed by atoms with E-state index in [1.807, 2.05) is 0 Å². The maximum Gasteiger partial charge on any atom is 0.144 e. The molecule has 0 aromatic carbocycles. The Labute approximate surface area is 69.5 Å². The highest BCUT2D eigenvalue weighted by molar-refractivity contribution is 6.49. The van der Waals surface area contributed by atoms with Crippen LogP contribution < -0.4 is 0 Å². The third-order valence-corrected chi connectivity index (χ3v) is 1.50. The maximum atomic E-state index is 10.0. The van der Waals surface area contributed by atoms with Gasteiger partial charge in [0.15, 0.2) is 0 Å². The molecule has 11 heavy (non-hydrogen) atoms. The quantitative estimate of drug-likeness (QED) is 0.497. The molecule has 56 valence electrons. The predicted octanol–water partition coefficient (Wildman–Crippen LogP) is 1.86. The summed E-state index contributed by atoms with van der Waals surface area (Å²) in [5.74, 6) is 0. The number of aldehydes is 1. The Balaban J connectivity index is 2.94. The summed E-state index contributed by atoms with van der Waals surface area (Å²) in [6, 6.07) is 3.55. The van der Waals surface area contributed by atoms with Crippen LogP contribution >= 0.6 is 11.6 Å². The number of pyridine rings is 1. The van der Waals surface area contributed by atoms with Crippen LogP contribution in [0.25, 0.3) is 5.03 Å². The molecule has 0 atom stereocenters. The van der Waals surface area contributed by atoms with Gasteiger partial charge in [-0.15, -0.1) is 0 Å². The zero-order valence-corrected chi connectivity index (χ0v) is 6.45. The lowest BCUT2D eigenvalue weighted by atomic mass is 10.2. The third-order valence-electron chi connectivity index (χ3n) is 1.15. The zero-order valence-electron chi connectivity index (χ0n) is 5.70. The number of carbonyl (C=O) groups excluding carboxylic acids is 1. The molecule has 0 spiro atoms. The largest absolute Gasteiger partial charge is 0.299 e. The van der Waals surface area contributed by atoms with Crippen molar-refractivity contribution < 1.29 is 4.79 Å². The molecule has 0 aliphatic carbocycles. The second-order valence-corrected chi connectivity index (χ2v) is 2.30. The Bertz CT molecular complexity index is 269. The first-order valence-electron chi connectivity index (χ1n) is 3.06. The molecule has 2 nitrogen and oxygen atoms in total. The van der Waals surface area contributed by atoms with Crippen molar-refractivity contribution in [2.24, 2.45) is 0 Å². The van der Waals surface area contributed by atoms with E-state index in [2.05, 4.69) is 4.98 Å². The molecule has 1 aromatic heterocycles. The van der Waals surface area contributed by atoms with Gasteiger partial charge in [-0.25, -0.2) is 0 Å². The van der Waals surface area contributed by atoms with E-state index < -0.39 is 0 Å². The number of aromatic nitrogens is 1. The van der Waals surface area contributed by atoms with Crippen molar-refractivity contribution in [3.05, 3.63) is 36.2 Å². The summed E-state index contributed by atoms with van der Waals surface area (Å²) < 4.78 is 0. The van der Waals surface area contributed by atoms with Crippen LogP contribution in [0.5, 0.6) is 0 Å². The third kappa shape index (κ3) is 2.16. The fourth-order valence-corrected chi connectivity index (χ4v) is 0.823. The number of nitrogens with zero attached hydrogens (tertiary/aromatic N) is 1. The van der Waals surface area contributed by atoms with E-state index in [0.717, 1.165) is 5.56 Å². The van der Waals surface area contributed by atoms with Gasteiger partial charge in [0.25, 0.3) is 0 Å². The van der Waals surface area contributed by atoms with E-state index in [1.165, 1.54) is 6.08 Å². The minimum atomic E-state index is 0.410. The van der Waals surface area contributed by atoms with Gasteiger partial charge in [0.05, 0.1) is 5.03 Å². The van der Waals surface area contributed by atoms with E-state index in [1.54, 1.807) is 24.5 Å². The standard InChI is InChI=1S/C8H6ClNO/c9-8(3-5-11)7-2-1-4-10-6-7/h1-6H/b8-3+. The number of rotatable bonds is 2. The van der Waals surface area contributed by atoms with Crippen LogP contribution in [0.3, 0.4) is 0 Å². The Hall–Kier alpha value is -1.15. The van der Waals surface area contributed by atoms with Crippen molar-refractivity contribution in [3.63, 3.8) is 0 Å². The Kier molecular flexibility index (Phi) is 2.81. The van der Waals surface area contributed by atoms with E-state index >= 15 is 0 Å². The normalized spacial score (nSPS) is 11.2. The minimum Gasteiger partial charge on any atom is -0.299 e. The van der Waals surface area contributed by atoms with Crippen LogP contribution in [0.4, 0.5) is 0 Å². The number of halogens is 1. The van der Waals surface area contributed by atoms with Gasteiger partial charge in [-0.05, 0) is 12.1 Å². The van der Waals surface area contributed by atoms with Gasteiger partial charge in [0.1, 0.15) is 6.29 Å². The first-order chi connectivity index (χ1) is 5.34. The van der Waals surface area contributed by atoms with Gasteiger partial charge in [-0.3, -0.25) is 9.78 Å². The fraction of sp³-hybridized carbons (Fsp3) is 0. The van der Waals surface area contributed by atoms with E-state index in [9.17, 15) is 4.79 Å². The highest BCUT2D eigenvalue weighted by atomic mass is 35.5. The average Bonchev–Trinajstić information content (AvgIpc) is 2.07. The number of hydrogen-bond donors (Lipinski definition) is 0. The molecule has 0 saturated heterocycles. The highest BCUT2D eigenvalue weighted by Gasteiger charge is 1.94. The van der Waals surface area contributed by atoms with Crippen molar-refractivity contribution in [1.82, 2.24) is 4.98 Å². The lowest BCUT2D eigenvalue weighted by Crippen LogP contribution is -1.78. The Morgan fingerprint density at radius 2 is 2.45 bits per heavy atom. The Morgan fingerprint density at radius 1 is 1.64 bits per heavy atom.